The van der Waals surface area contributed by atoms with E-state index in [9.17, 15) is 9.36 Å². The summed E-state index contributed by atoms with van der Waals surface area (Å²) >= 11 is 0. The van der Waals surface area contributed by atoms with E-state index < -0.39 is 13.6 Å². The van der Waals surface area contributed by atoms with Gasteiger partial charge >= 0.3 is 13.6 Å². The Labute approximate surface area is 137 Å². The molecule has 0 fully saturated rings. The number of hydrogen-bond acceptors (Lipinski definition) is 3. The van der Waals surface area contributed by atoms with Crippen LogP contribution in [0.15, 0.2) is 24.3 Å². The van der Waals surface area contributed by atoms with E-state index in [-0.39, 0.29) is 70.0 Å². The average Bonchev–Trinajstić information content (AvgIpc) is 2.15. The van der Waals surface area contributed by atoms with Crippen LogP contribution in [0.5, 0.6) is 0 Å². The third kappa shape index (κ3) is 5.45. The molecule has 0 unspecified atom stereocenters. The molecular weight excluding hydrogens is 253 g/mol. The van der Waals surface area contributed by atoms with E-state index in [0.29, 0.717) is 0 Å². The molecule has 1 rings (SSSR count). The van der Waals surface area contributed by atoms with Crippen molar-refractivity contribution in [1.29, 1.82) is 0 Å². The van der Waals surface area contributed by atoms with Crippen LogP contribution in [0, 0.1) is 0 Å². The van der Waals surface area contributed by atoms with Crippen LogP contribution in [0.25, 0.3) is 0 Å². The van der Waals surface area contributed by atoms with Crippen molar-refractivity contribution >= 4 is 78.0 Å². The van der Waals surface area contributed by atoms with Gasteiger partial charge in [-0.1, -0.05) is 0 Å². The number of ether oxygens (including phenoxy) is 1. The minimum absolute atomic E-state index is 0. The summed E-state index contributed by atoms with van der Waals surface area (Å²) in [5.41, 5.74) is 0.254. The van der Waals surface area contributed by atoms with Gasteiger partial charge in [-0.2, -0.15) is 0 Å². The van der Waals surface area contributed by atoms with Crippen molar-refractivity contribution in [1.82, 2.24) is 0 Å². The van der Waals surface area contributed by atoms with Gasteiger partial charge in [0, 0.05) is 59.1 Å². The van der Waals surface area contributed by atoms with Crippen molar-refractivity contribution in [2.75, 3.05) is 7.11 Å². The molecule has 0 aliphatic heterocycles. The Balaban J connectivity index is 0. The zero-order valence-corrected chi connectivity index (χ0v) is 14.3. The molecule has 2 radical (unpaired) electrons. The zero-order valence-electron chi connectivity index (χ0n) is 9.38. The van der Waals surface area contributed by atoms with Crippen LogP contribution in [0.2, 0.25) is 0 Å². The van der Waals surface area contributed by atoms with E-state index in [4.69, 9.17) is 9.79 Å². The third-order valence-corrected chi connectivity index (χ3v) is 2.60. The van der Waals surface area contributed by atoms with Gasteiger partial charge in [-0.3, -0.25) is 4.57 Å². The molecule has 0 aromatic heterocycles. The molecule has 0 aliphatic carbocycles. The maximum Gasteiger partial charge on any atom is 0.356 e. The van der Waals surface area contributed by atoms with Gasteiger partial charge in [0.15, 0.2) is 0 Å². The van der Waals surface area contributed by atoms with Crippen LogP contribution in [0.1, 0.15) is 10.4 Å². The molecule has 2 N–H and O–H groups in total. The molecule has 0 amide bonds. The van der Waals surface area contributed by atoms with Gasteiger partial charge < -0.3 is 14.5 Å². The van der Waals surface area contributed by atoms with Crippen molar-refractivity contribution in [3.05, 3.63) is 29.8 Å². The monoisotopic (exact) mass is 262 g/mol. The summed E-state index contributed by atoms with van der Waals surface area (Å²) in [6, 6.07) is 5.01. The molecule has 0 heterocycles. The minimum Gasteiger partial charge on any atom is -0.465 e. The predicted molar refractivity (Wildman–Crippen MR) is 61.0 cm³/mol. The van der Waals surface area contributed by atoms with Crippen LogP contribution in [-0.2, 0) is 9.30 Å². The van der Waals surface area contributed by atoms with Gasteiger partial charge in [-0.15, -0.1) is 0 Å². The predicted octanol–water partition coefficient (Wildman–Crippen LogP) is -0.485. The van der Waals surface area contributed by atoms with Crippen LogP contribution >= 0.6 is 7.60 Å². The van der Waals surface area contributed by atoms with Gasteiger partial charge in [-0.05, 0) is 24.3 Å². The number of methoxy groups -OCH3 is 1. The standard InChI is InChI=1S/C8H9O5P.2Na/c1-13-8(9)6-2-4-7(5-3-6)14(10,11)12;;/h2-5H,1H3,(H2,10,11,12);;. The number of rotatable bonds is 2. The van der Waals surface area contributed by atoms with Crippen LogP contribution < -0.4 is 5.30 Å². The topological polar surface area (TPSA) is 83.8 Å². The first kappa shape index (κ1) is 19.2. The summed E-state index contributed by atoms with van der Waals surface area (Å²) in [5, 5.41) is -0.120. The van der Waals surface area contributed by atoms with E-state index in [0.717, 1.165) is 0 Å². The minimum atomic E-state index is -4.23. The van der Waals surface area contributed by atoms with E-state index in [2.05, 4.69) is 4.74 Å². The molecule has 78 valence electrons. The van der Waals surface area contributed by atoms with Crippen molar-refractivity contribution in [3.63, 3.8) is 0 Å². The second-order valence-corrected chi connectivity index (χ2v) is 4.19. The number of benzene rings is 1. The maximum absolute atomic E-state index is 11.0. The molecule has 0 saturated heterocycles. The number of hydrogen-bond donors (Lipinski definition) is 2. The van der Waals surface area contributed by atoms with Crippen molar-refractivity contribution in [2.24, 2.45) is 0 Å². The Morgan fingerprint density at radius 2 is 1.62 bits per heavy atom. The van der Waals surface area contributed by atoms with E-state index in [1.165, 1.54) is 31.4 Å². The Morgan fingerprint density at radius 3 is 1.94 bits per heavy atom. The van der Waals surface area contributed by atoms with Crippen molar-refractivity contribution in [2.45, 2.75) is 0 Å². The molecule has 0 aliphatic rings. The van der Waals surface area contributed by atoms with E-state index in [1.54, 1.807) is 0 Å². The number of esters is 1. The molecule has 16 heavy (non-hydrogen) atoms. The molecule has 8 heteroatoms. The molecule has 0 spiro atoms. The van der Waals surface area contributed by atoms with Crippen LogP contribution in [0.4, 0.5) is 0 Å². The molecular formula is C8H9Na2O5P. The Morgan fingerprint density at radius 1 is 1.19 bits per heavy atom. The van der Waals surface area contributed by atoms with Crippen LogP contribution in [-0.4, -0.2) is 82.0 Å². The summed E-state index contributed by atoms with van der Waals surface area (Å²) in [5.74, 6) is -0.540. The first-order valence-electron chi connectivity index (χ1n) is 3.69. The average molecular weight is 262 g/mol. The maximum atomic E-state index is 11.0. The summed E-state index contributed by atoms with van der Waals surface area (Å²) < 4.78 is 15.2. The van der Waals surface area contributed by atoms with Crippen molar-refractivity contribution < 1.29 is 23.9 Å². The Bertz CT molecular complexity index is 386. The molecule has 5 nitrogen and oxygen atoms in total. The molecule has 0 saturated carbocycles. The fraction of sp³-hybridized carbons (Fsp3) is 0.125. The van der Waals surface area contributed by atoms with Gasteiger partial charge in [-0.25, -0.2) is 4.79 Å². The van der Waals surface area contributed by atoms with Crippen molar-refractivity contribution in [3.8, 4) is 0 Å². The summed E-state index contributed by atoms with van der Waals surface area (Å²) in [7, 11) is -2.99. The second kappa shape index (κ2) is 8.03. The molecule has 0 atom stereocenters. The smallest absolute Gasteiger partial charge is 0.356 e. The third-order valence-electron chi connectivity index (χ3n) is 1.62. The first-order valence-corrected chi connectivity index (χ1v) is 5.31. The first-order chi connectivity index (χ1) is 6.45. The summed E-state index contributed by atoms with van der Waals surface area (Å²) in [6.45, 7) is 0. The van der Waals surface area contributed by atoms with E-state index >= 15 is 0 Å². The Hall–Kier alpha value is 0.840. The normalized spacial score (nSPS) is 9.69. The van der Waals surface area contributed by atoms with Gasteiger partial charge in [0.25, 0.3) is 0 Å². The number of carbonyl (C=O) groups excluding carboxylic acids is 1. The van der Waals surface area contributed by atoms with Crippen LogP contribution in [0.3, 0.4) is 0 Å². The zero-order chi connectivity index (χ0) is 10.8. The summed E-state index contributed by atoms with van der Waals surface area (Å²) in [6.07, 6.45) is 0. The quantitative estimate of drug-likeness (QED) is 0.427. The Kier molecular flexibility index (Phi) is 9.63. The molecule has 1 aromatic carbocycles. The van der Waals surface area contributed by atoms with Gasteiger partial charge in [0.1, 0.15) is 0 Å². The largest absolute Gasteiger partial charge is 0.465 e. The summed E-state index contributed by atoms with van der Waals surface area (Å²) in [4.78, 5) is 28.5. The SMILES string of the molecule is COC(=O)c1ccc(P(=O)(O)O)cc1.[Na].[Na]. The second-order valence-electron chi connectivity index (χ2n) is 2.58. The fourth-order valence-corrected chi connectivity index (χ4v) is 1.45. The molecule has 1 aromatic rings. The molecule has 0 bridgehead atoms. The number of carbonyl (C=O) groups is 1. The fourth-order valence-electron chi connectivity index (χ4n) is 0.910. The van der Waals surface area contributed by atoms with Gasteiger partial charge in [0.2, 0.25) is 0 Å². The van der Waals surface area contributed by atoms with Gasteiger partial charge in [0.05, 0.1) is 18.0 Å². The van der Waals surface area contributed by atoms with E-state index in [1.807, 2.05) is 0 Å².